The molecule has 4 rings (SSSR count). The first-order valence-electron chi connectivity index (χ1n) is 9.10. The van der Waals surface area contributed by atoms with E-state index in [1.54, 1.807) is 12.1 Å². The van der Waals surface area contributed by atoms with E-state index in [0.717, 1.165) is 43.0 Å². The molecule has 0 bridgehead atoms. The Balaban J connectivity index is 1.54. The summed E-state index contributed by atoms with van der Waals surface area (Å²) in [5, 5.41) is 9.20. The minimum absolute atomic E-state index is 0.356. The van der Waals surface area contributed by atoms with Gasteiger partial charge in [-0.15, -0.1) is 0 Å². The number of carboxylic acid groups (broad SMARTS) is 1. The Bertz CT molecular complexity index is 947. The van der Waals surface area contributed by atoms with Crippen LogP contribution in [0.15, 0.2) is 48.5 Å². The number of aromatic carboxylic acids is 1. The van der Waals surface area contributed by atoms with Crippen LogP contribution < -0.4 is 0 Å². The second-order valence-corrected chi connectivity index (χ2v) is 7.03. The number of imidazole rings is 1. The lowest BCUT2D eigenvalue weighted by atomic mass is 10.1. The summed E-state index contributed by atoms with van der Waals surface area (Å²) < 4.78 is 2.31. The van der Waals surface area contributed by atoms with E-state index in [-0.39, 0.29) is 0 Å². The SMILES string of the molecule is Cc1nc2ccccc2n1CC1CCCN1Cc1cccc(C(=O)O)c1. The number of carbonyl (C=O) groups is 1. The van der Waals surface area contributed by atoms with Crippen LogP contribution in [0.1, 0.15) is 34.6 Å². The Kier molecular flexibility index (Phi) is 4.47. The summed E-state index contributed by atoms with van der Waals surface area (Å²) in [6, 6.07) is 16.0. The van der Waals surface area contributed by atoms with Gasteiger partial charge in [0.15, 0.2) is 0 Å². The van der Waals surface area contributed by atoms with Crippen LogP contribution >= 0.6 is 0 Å². The molecular weight excluding hydrogens is 326 g/mol. The Hall–Kier alpha value is -2.66. The topological polar surface area (TPSA) is 58.4 Å². The van der Waals surface area contributed by atoms with Crippen LogP contribution in [0, 0.1) is 6.92 Å². The summed E-state index contributed by atoms with van der Waals surface area (Å²) in [5.41, 5.74) is 3.65. The summed E-state index contributed by atoms with van der Waals surface area (Å²) in [5.74, 6) is 0.177. The maximum atomic E-state index is 11.2. The largest absolute Gasteiger partial charge is 0.478 e. The lowest BCUT2D eigenvalue weighted by Crippen LogP contribution is -2.32. The van der Waals surface area contributed by atoms with Gasteiger partial charge in [0, 0.05) is 19.1 Å². The zero-order valence-electron chi connectivity index (χ0n) is 14.9. The number of nitrogens with zero attached hydrogens (tertiary/aromatic N) is 3. The van der Waals surface area contributed by atoms with Gasteiger partial charge < -0.3 is 9.67 Å². The molecule has 1 fully saturated rings. The number of rotatable bonds is 5. The summed E-state index contributed by atoms with van der Waals surface area (Å²) in [7, 11) is 0. The maximum absolute atomic E-state index is 11.2. The van der Waals surface area contributed by atoms with Gasteiger partial charge in [0.1, 0.15) is 5.82 Å². The van der Waals surface area contributed by atoms with Crippen molar-refractivity contribution in [3.8, 4) is 0 Å². The zero-order valence-corrected chi connectivity index (χ0v) is 14.9. The number of hydrogen-bond acceptors (Lipinski definition) is 3. The molecule has 1 N–H and O–H groups in total. The van der Waals surface area contributed by atoms with Gasteiger partial charge in [0.2, 0.25) is 0 Å². The van der Waals surface area contributed by atoms with Gasteiger partial charge in [-0.2, -0.15) is 0 Å². The molecule has 1 atom stereocenters. The van der Waals surface area contributed by atoms with Crippen LogP contribution in [0.5, 0.6) is 0 Å². The predicted octanol–water partition coefficient (Wildman–Crippen LogP) is 3.71. The van der Waals surface area contributed by atoms with E-state index in [1.165, 1.54) is 11.9 Å². The van der Waals surface area contributed by atoms with E-state index in [0.29, 0.717) is 11.6 Å². The van der Waals surface area contributed by atoms with Gasteiger partial charge in [0.25, 0.3) is 0 Å². The molecule has 26 heavy (non-hydrogen) atoms. The number of hydrogen-bond donors (Lipinski definition) is 1. The number of aryl methyl sites for hydroxylation is 1. The Labute approximate surface area is 152 Å². The number of para-hydroxylation sites is 2. The third kappa shape index (κ3) is 3.22. The Morgan fingerprint density at radius 2 is 2.08 bits per heavy atom. The molecule has 1 saturated heterocycles. The molecular formula is C21H23N3O2. The second kappa shape index (κ2) is 6.92. The smallest absolute Gasteiger partial charge is 0.335 e. The highest BCUT2D eigenvalue weighted by atomic mass is 16.4. The van der Waals surface area contributed by atoms with Gasteiger partial charge >= 0.3 is 5.97 Å². The molecule has 0 amide bonds. The average molecular weight is 349 g/mol. The molecule has 0 saturated carbocycles. The lowest BCUT2D eigenvalue weighted by Gasteiger charge is -2.25. The molecule has 0 spiro atoms. The molecule has 2 heterocycles. The third-order valence-corrected chi connectivity index (χ3v) is 5.30. The molecule has 0 aliphatic carbocycles. The van der Waals surface area contributed by atoms with Crippen molar-refractivity contribution in [3.63, 3.8) is 0 Å². The van der Waals surface area contributed by atoms with E-state index in [2.05, 4.69) is 39.6 Å². The quantitative estimate of drug-likeness (QED) is 0.763. The number of likely N-dealkylation sites (tertiary alicyclic amines) is 1. The highest BCUT2D eigenvalue weighted by molar-refractivity contribution is 5.87. The molecule has 1 aliphatic rings. The number of fused-ring (bicyclic) bond motifs is 1. The van der Waals surface area contributed by atoms with Crippen LogP contribution in [0.25, 0.3) is 11.0 Å². The molecule has 1 aromatic heterocycles. The van der Waals surface area contributed by atoms with Crippen molar-refractivity contribution in [3.05, 3.63) is 65.5 Å². The van der Waals surface area contributed by atoms with Crippen molar-refractivity contribution >= 4 is 17.0 Å². The lowest BCUT2D eigenvalue weighted by molar-refractivity contribution is 0.0696. The summed E-state index contributed by atoms with van der Waals surface area (Å²) in [6.07, 6.45) is 2.33. The van der Waals surface area contributed by atoms with Crippen LogP contribution in [0.2, 0.25) is 0 Å². The first-order chi connectivity index (χ1) is 12.6. The maximum Gasteiger partial charge on any atom is 0.335 e. The first kappa shape index (κ1) is 16.8. The normalized spacial score (nSPS) is 17.8. The minimum atomic E-state index is -0.870. The van der Waals surface area contributed by atoms with Crippen molar-refractivity contribution in [2.24, 2.45) is 0 Å². The van der Waals surface area contributed by atoms with E-state index >= 15 is 0 Å². The van der Waals surface area contributed by atoms with Crippen molar-refractivity contribution in [2.75, 3.05) is 6.54 Å². The molecule has 2 aromatic carbocycles. The van der Waals surface area contributed by atoms with E-state index < -0.39 is 5.97 Å². The number of benzene rings is 2. The van der Waals surface area contributed by atoms with Gasteiger partial charge in [-0.25, -0.2) is 9.78 Å². The van der Waals surface area contributed by atoms with E-state index in [4.69, 9.17) is 0 Å². The zero-order chi connectivity index (χ0) is 18.1. The average Bonchev–Trinajstić information content (AvgIpc) is 3.20. The van der Waals surface area contributed by atoms with Gasteiger partial charge in [-0.05, 0) is 56.1 Å². The molecule has 1 unspecified atom stereocenters. The summed E-state index contributed by atoms with van der Waals surface area (Å²) in [4.78, 5) is 18.3. The highest BCUT2D eigenvalue weighted by Gasteiger charge is 2.26. The standard InChI is InChI=1S/C21H23N3O2/c1-15-22-19-9-2-3-10-20(19)24(15)14-18-8-5-11-23(18)13-16-6-4-7-17(12-16)21(25)26/h2-4,6-7,9-10,12,18H,5,8,11,13-14H2,1H3,(H,25,26). The van der Waals surface area contributed by atoms with Gasteiger partial charge in [-0.1, -0.05) is 24.3 Å². The van der Waals surface area contributed by atoms with Gasteiger partial charge in [-0.3, -0.25) is 4.90 Å². The Morgan fingerprint density at radius 3 is 2.92 bits per heavy atom. The van der Waals surface area contributed by atoms with Crippen LogP contribution in [0.3, 0.4) is 0 Å². The number of carboxylic acids is 1. The van der Waals surface area contributed by atoms with Crippen LogP contribution in [-0.2, 0) is 13.1 Å². The molecule has 5 heteroatoms. The first-order valence-corrected chi connectivity index (χ1v) is 9.10. The summed E-state index contributed by atoms with van der Waals surface area (Å²) >= 11 is 0. The fourth-order valence-electron chi connectivity index (χ4n) is 3.98. The number of aromatic nitrogens is 2. The fourth-order valence-corrected chi connectivity index (χ4v) is 3.98. The van der Waals surface area contributed by atoms with E-state index in [1.807, 2.05) is 18.2 Å². The molecule has 1 aliphatic heterocycles. The summed E-state index contributed by atoms with van der Waals surface area (Å²) in [6.45, 7) is 4.83. The monoisotopic (exact) mass is 349 g/mol. The molecule has 0 radical (unpaired) electrons. The van der Waals surface area contributed by atoms with Crippen molar-refractivity contribution in [1.29, 1.82) is 0 Å². The highest BCUT2D eigenvalue weighted by Crippen LogP contribution is 2.24. The van der Waals surface area contributed by atoms with Crippen LogP contribution in [-0.4, -0.2) is 38.1 Å². The third-order valence-electron chi connectivity index (χ3n) is 5.30. The predicted molar refractivity (Wildman–Crippen MR) is 101 cm³/mol. The molecule has 3 aromatic rings. The molecule has 134 valence electrons. The van der Waals surface area contributed by atoms with E-state index in [9.17, 15) is 9.90 Å². The minimum Gasteiger partial charge on any atom is -0.478 e. The van der Waals surface area contributed by atoms with Crippen molar-refractivity contribution < 1.29 is 9.90 Å². The van der Waals surface area contributed by atoms with Crippen LogP contribution in [0.4, 0.5) is 0 Å². The van der Waals surface area contributed by atoms with Crippen molar-refractivity contribution in [1.82, 2.24) is 14.5 Å². The molecule has 5 nitrogen and oxygen atoms in total. The van der Waals surface area contributed by atoms with Crippen molar-refractivity contribution in [2.45, 2.75) is 38.9 Å². The fraction of sp³-hybridized carbons (Fsp3) is 0.333. The van der Waals surface area contributed by atoms with Gasteiger partial charge in [0.05, 0.1) is 16.6 Å². The Morgan fingerprint density at radius 1 is 1.23 bits per heavy atom. The second-order valence-electron chi connectivity index (χ2n) is 7.03.